The Morgan fingerprint density at radius 1 is 1.50 bits per heavy atom. The molecule has 0 spiro atoms. The molecule has 20 heavy (non-hydrogen) atoms. The summed E-state index contributed by atoms with van der Waals surface area (Å²) in [6.07, 6.45) is 1.89. The van der Waals surface area contributed by atoms with E-state index in [0.717, 1.165) is 23.9 Å². The maximum absolute atomic E-state index is 12.2. The van der Waals surface area contributed by atoms with Crippen LogP contribution in [0.3, 0.4) is 0 Å². The number of likely N-dealkylation sites (tertiary alicyclic amines) is 1. The summed E-state index contributed by atoms with van der Waals surface area (Å²) in [4.78, 5) is 14.0. The van der Waals surface area contributed by atoms with E-state index in [1.807, 2.05) is 31.2 Å². The summed E-state index contributed by atoms with van der Waals surface area (Å²) in [6, 6.07) is 7.47. The van der Waals surface area contributed by atoms with Gasteiger partial charge in [0.05, 0.1) is 11.1 Å². The third-order valence-corrected chi connectivity index (χ3v) is 4.36. The number of piperidine rings is 1. The van der Waals surface area contributed by atoms with Crippen LogP contribution in [0, 0.1) is 5.41 Å². The first kappa shape index (κ1) is 15.3. The number of aliphatic hydroxyl groups is 1. The number of para-hydroxylation sites is 1. The Bertz CT molecular complexity index is 480. The van der Waals surface area contributed by atoms with E-state index >= 15 is 0 Å². The van der Waals surface area contributed by atoms with Crippen LogP contribution in [0.2, 0.25) is 0 Å². The molecule has 1 amide bonds. The molecule has 1 aliphatic heterocycles. The molecule has 2 rings (SSSR count). The maximum Gasteiger partial charge on any atom is 0.260 e. The smallest absolute Gasteiger partial charge is 0.260 e. The molecule has 1 aliphatic rings. The lowest BCUT2D eigenvalue weighted by molar-refractivity contribution is -0.137. The van der Waals surface area contributed by atoms with Crippen LogP contribution in [0.25, 0.3) is 0 Å². The minimum Gasteiger partial charge on any atom is -0.483 e. The Labute approximate surface area is 127 Å². The number of carbonyl (C=O) groups is 1. The van der Waals surface area contributed by atoms with Crippen molar-refractivity contribution in [3.63, 3.8) is 0 Å². The highest BCUT2D eigenvalue weighted by Gasteiger charge is 2.32. The van der Waals surface area contributed by atoms with Crippen molar-refractivity contribution in [2.75, 3.05) is 26.3 Å². The third kappa shape index (κ3) is 3.73. The second-order valence-corrected chi connectivity index (χ2v) is 6.46. The van der Waals surface area contributed by atoms with Crippen molar-refractivity contribution in [1.82, 2.24) is 4.90 Å². The van der Waals surface area contributed by atoms with Gasteiger partial charge in [0, 0.05) is 18.5 Å². The Morgan fingerprint density at radius 2 is 2.25 bits per heavy atom. The molecule has 1 fully saturated rings. The first-order valence-corrected chi connectivity index (χ1v) is 7.59. The van der Waals surface area contributed by atoms with Crippen LogP contribution in [0.15, 0.2) is 28.7 Å². The van der Waals surface area contributed by atoms with E-state index in [-0.39, 0.29) is 24.5 Å². The van der Waals surface area contributed by atoms with Crippen LogP contribution in [-0.4, -0.2) is 42.2 Å². The van der Waals surface area contributed by atoms with Gasteiger partial charge in [0.25, 0.3) is 5.91 Å². The Balaban J connectivity index is 1.90. The normalized spacial score (nSPS) is 22.6. The van der Waals surface area contributed by atoms with Crippen molar-refractivity contribution in [2.45, 2.75) is 19.8 Å². The molecule has 1 N–H and O–H groups in total. The predicted molar refractivity (Wildman–Crippen MR) is 80.6 cm³/mol. The molecule has 0 aromatic heterocycles. The summed E-state index contributed by atoms with van der Waals surface area (Å²) in [5, 5.41) is 9.42. The van der Waals surface area contributed by atoms with Gasteiger partial charge in [-0.1, -0.05) is 19.1 Å². The summed E-state index contributed by atoms with van der Waals surface area (Å²) in [5.41, 5.74) is -0.179. The second-order valence-electron chi connectivity index (χ2n) is 5.61. The topological polar surface area (TPSA) is 49.8 Å². The Kier molecular flexibility index (Phi) is 5.05. The first-order valence-electron chi connectivity index (χ1n) is 6.80. The average molecular weight is 342 g/mol. The third-order valence-electron chi connectivity index (χ3n) is 3.70. The number of benzene rings is 1. The van der Waals surface area contributed by atoms with E-state index in [2.05, 4.69) is 15.9 Å². The molecular weight excluding hydrogens is 322 g/mol. The summed E-state index contributed by atoms with van der Waals surface area (Å²) in [5.74, 6) is 0.642. The lowest BCUT2D eigenvalue weighted by atomic mass is 9.83. The zero-order valence-electron chi connectivity index (χ0n) is 11.6. The zero-order valence-corrected chi connectivity index (χ0v) is 13.2. The van der Waals surface area contributed by atoms with Gasteiger partial charge in [0.15, 0.2) is 6.61 Å². The highest BCUT2D eigenvalue weighted by atomic mass is 79.9. The number of hydrogen-bond acceptors (Lipinski definition) is 3. The molecule has 1 aromatic carbocycles. The second kappa shape index (κ2) is 6.59. The molecule has 1 aromatic rings. The minimum atomic E-state index is -0.179. The lowest BCUT2D eigenvalue weighted by Crippen LogP contribution is -2.47. The standard InChI is InChI=1S/C15H20BrNO3/c1-15(11-18)7-4-8-17(10-15)14(19)9-20-13-6-3-2-5-12(13)16/h2-3,5-6,18H,4,7-11H2,1H3. The van der Waals surface area contributed by atoms with E-state index in [9.17, 15) is 9.90 Å². The highest BCUT2D eigenvalue weighted by molar-refractivity contribution is 9.10. The fraction of sp³-hybridized carbons (Fsp3) is 0.533. The van der Waals surface area contributed by atoms with Gasteiger partial charge in [-0.15, -0.1) is 0 Å². The number of amides is 1. The van der Waals surface area contributed by atoms with Crippen LogP contribution in [-0.2, 0) is 4.79 Å². The SMILES string of the molecule is CC1(CO)CCCN(C(=O)COc2ccccc2Br)C1. The van der Waals surface area contributed by atoms with Crippen LogP contribution in [0.1, 0.15) is 19.8 Å². The van der Waals surface area contributed by atoms with Crippen molar-refractivity contribution in [2.24, 2.45) is 5.41 Å². The van der Waals surface area contributed by atoms with Gasteiger partial charge < -0.3 is 14.7 Å². The summed E-state index contributed by atoms with van der Waals surface area (Å²) in [7, 11) is 0. The number of hydrogen-bond donors (Lipinski definition) is 1. The van der Waals surface area contributed by atoms with Crippen molar-refractivity contribution in [3.8, 4) is 5.75 Å². The highest BCUT2D eigenvalue weighted by Crippen LogP contribution is 2.29. The van der Waals surface area contributed by atoms with E-state index in [4.69, 9.17) is 4.74 Å². The zero-order chi connectivity index (χ0) is 14.6. The largest absolute Gasteiger partial charge is 0.483 e. The van der Waals surface area contributed by atoms with E-state index in [1.165, 1.54) is 0 Å². The van der Waals surface area contributed by atoms with Crippen molar-refractivity contribution < 1.29 is 14.6 Å². The number of carbonyl (C=O) groups excluding carboxylic acids is 1. The van der Waals surface area contributed by atoms with Crippen LogP contribution < -0.4 is 4.74 Å². The van der Waals surface area contributed by atoms with E-state index in [1.54, 1.807) is 4.90 Å². The predicted octanol–water partition coefficient (Wildman–Crippen LogP) is 2.45. The molecule has 110 valence electrons. The Morgan fingerprint density at radius 3 is 2.95 bits per heavy atom. The van der Waals surface area contributed by atoms with Crippen LogP contribution >= 0.6 is 15.9 Å². The first-order chi connectivity index (χ1) is 9.54. The molecule has 0 radical (unpaired) electrons. The minimum absolute atomic E-state index is 0.0277. The number of nitrogens with zero attached hydrogens (tertiary/aromatic N) is 1. The maximum atomic E-state index is 12.2. The summed E-state index contributed by atoms with van der Waals surface area (Å²) >= 11 is 3.39. The number of ether oxygens (including phenoxy) is 1. The van der Waals surface area contributed by atoms with Crippen LogP contribution in [0.4, 0.5) is 0 Å². The molecule has 0 bridgehead atoms. The number of aliphatic hydroxyl groups excluding tert-OH is 1. The number of rotatable bonds is 4. The van der Waals surface area contributed by atoms with Gasteiger partial charge in [-0.3, -0.25) is 4.79 Å². The molecule has 1 unspecified atom stereocenters. The monoisotopic (exact) mass is 341 g/mol. The quantitative estimate of drug-likeness (QED) is 0.915. The lowest BCUT2D eigenvalue weighted by Gasteiger charge is -2.39. The fourth-order valence-corrected chi connectivity index (χ4v) is 2.85. The molecule has 0 aliphatic carbocycles. The van der Waals surface area contributed by atoms with Crippen molar-refractivity contribution in [1.29, 1.82) is 0 Å². The molecule has 5 heteroatoms. The van der Waals surface area contributed by atoms with Crippen LogP contribution in [0.5, 0.6) is 5.75 Å². The fourth-order valence-electron chi connectivity index (χ4n) is 2.45. The van der Waals surface area contributed by atoms with Gasteiger partial charge in [-0.2, -0.15) is 0 Å². The molecule has 1 atom stereocenters. The van der Waals surface area contributed by atoms with Crippen molar-refractivity contribution in [3.05, 3.63) is 28.7 Å². The van der Waals surface area contributed by atoms with Gasteiger partial charge >= 0.3 is 0 Å². The summed E-state index contributed by atoms with van der Waals surface area (Å²) < 4.78 is 6.39. The van der Waals surface area contributed by atoms with Gasteiger partial charge in [0.2, 0.25) is 0 Å². The van der Waals surface area contributed by atoms with Gasteiger partial charge in [-0.05, 0) is 40.9 Å². The van der Waals surface area contributed by atoms with Crippen molar-refractivity contribution >= 4 is 21.8 Å². The van der Waals surface area contributed by atoms with Gasteiger partial charge in [-0.25, -0.2) is 0 Å². The van der Waals surface area contributed by atoms with Gasteiger partial charge in [0.1, 0.15) is 5.75 Å². The molecular formula is C15H20BrNO3. The summed E-state index contributed by atoms with van der Waals surface area (Å²) in [6.45, 7) is 3.50. The van der Waals surface area contributed by atoms with E-state index in [0.29, 0.717) is 12.3 Å². The average Bonchev–Trinajstić information content (AvgIpc) is 2.46. The Hall–Kier alpha value is -1.07. The molecule has 1 saturated heterocycles. The molecule has 1 heterocycles. The number of halogens is 1. The molecule has 4 nitrogen and oxygen atoms in total. The molecule has 0 saturated carbocycles. The van der Waals surface area contributed by atoms with E-state index < -0.39 is 0 Å².